The van der Waals surface area contributed by atoms with Crippen LogP contribution in [0.5, 0.6) is 0 Å². The molecule has 1 spiro atoms. The summed E-state index contributed by atoms with van der Waals surface area (Å²) >= 11 is 6.16. The quantitative estimate of drug-likeness (QED) is 0.0946. The Morgan fingerprint density at radius 1 is 1.00 bits per heavy atom. The van der Waals surface area contributed by atoms with Gasteiger partial charge in [-0.25, -0.2) is 4.39 Å². The molecule has 1 saturated carbocycles. The number of ether oxygens (including phenoxy) is 1. The summed E-state index contributed by atoms with van der Waals surface area (Å²) in [6.07, 6.45) is 1.10. The topological polar surface area (TPSA) is 161 Å². The maximum atomic E-state index is 15.2. The van der Waals surface area contributed by atoms with Crippen molar-refractivity contribution in [2.24, 2.45) is 11.8 Å². The zero-order valence-electron chi connectivity index (χ0n) is 27.1. The van der Waals surface area contributed by atoms with E-state index < -0.39 is 37.2 Å². The van der Waals surface area contributed by atoms with Gasteiger partial charge in [0, 0.05) is 65.3 Å². The zero-order chi connectivity index (χ0) is 32.8. The molecule has 0 radical (unpaired) electrons. The van der Waals surface area contributed by atoms with Crippen molar-refractivity contribution in [1.29, 1.82) is 0 Å². The monoisotopic (exact) mass is 677 g/mol. The van der Waals surface area contributed by atoms with Crippen molar-refractivity contribution in [1.82, 2.24) is 25.3 Å². The Morgan fingerprint density at radius 3 is 2.37 bits per heavy atom. The Morgan fingerprint density at radius 2 is 1.70 bits per heavy atom. The first-order chi connectivity index (χ1) is 22.1. The molecule has 7 N–H and O–H groups in total. The maximum Gasteiger partial charge on any atom is 0.223 e. The van der Waals surface area contributed by atoms with Crippen LogP contribution in [0.2, 0.25) is 0 Å². The maximum absolute atomic E-state index is 15.2. The van der Waals surface area contributed by atoms with Gasteiger partial charge >= 0.3 is 0 Å². The van der Waals surface area contributed by atoms with Crippen LogP contribution in [-0.4, -0.2) is 166 Å². The largest absolute Gasteiger partial charge is 0.394 e. The van der Waals surface area contributed by atoms with E-state index in [0.29, 0.717) is 45.0 Å². The fourth-order valence-corrected chi connectivity index (χ4v) is 8.43. The predicted octanol–water partition coefficient (Wildman–Crippen LogP) is -0.411. The van der Waals surface area contributed by atoms with Gasteiger partial charge in [0.25, 0.3) is 0 Å². The van der Waals surface area contributed by atoms with Gasteiger partial charge in [-0.05, 0) is 69.7 Å². The molecule has 1 amide bonds. The van der Waals surface area contributed by atoms with Crippen LogP contribution in [-0.2, 0) is 9.53 Å². The number of β-amino-alcohol motifs (C(OH)–C–C–N with tert-alkyl or cyclic N) is 1. The standard InChI is InChI=1S/C32H57ClFN5O7/c33-23-15-35-31(36-16-23)37-10-6-21(7-11-37)3-1-12-46-24-5-4-22(25(34)14-24)13-28(43)38-19-32(20-38)8-2-9-39(32)17-26(41)29(44)30(45)27(42)18-40/h21-27,29-31,35-36,40-42,44-45H,1-20H2/t22?,23?,24?,25?,26-,27+,29+,30+,31?/m0/s1. The van der Waals surface area contributed by atoms with Gasteiger partial charge in [0.05, 0.1) is 29.7 Å². The van der Waals surface area contributed by atoms with Gasteiger partial charge in [0.15, 0.2) is 0 Å². The molecule has 14 heteroatoms. The minimum absolute atomic E-state index is 0.0455. The number of halogens is 2. The minimum Gasteiger partial charge on any atom is -0.394 e. The Balaban J connectivity index is 0.946. The number of nitrogens with zero attached hydrogens (tertiary/aromatic N) is 3. The van der Waals surface area contributed by atoms with Gasteiger partial charge in [-0.1, -0.05) is 0 Å². The highest BCUT2D eigenvalue weighted by atomic mass is 35.5. The van der Waals surface area contributed by atoms with Crippen molar-refractivity contribution < 1.29 is 39.5 Å². The van der Waals surface area contributed by atoms with E-state index in [9.17, 15) is 25.2 Å². The van der Waals surface area contributed by atoms with Crippen LogP contribution in [0, 0.1) is 11.8 Å². The number of carbonyl (C=O) groups is 1. The summed E-state index contributed by atoms with van der Waals surface area (Å²) in [6, 6.07) is 0. The highest BCUT2D eigenvalue weighted by molar-refractivity contribution is 6.21. The summed E-state index contributed by atoms with van der Waals surface area (Å²) < 4.78 is 21.3. The van der Waals surface area contributed by atoms with Gasteiger partial charge < -0.3 is 35.2 Å². The van der Waals surface area contributed by atoms with Gasteiger partial charge in [0.2, 0.25) is 5.91 Å². The number of nitrogens with one attached hydrogen (secondary N) is 2. The number of carbonyl (C=O) groups excluding carboxylic acids is 1. The lowest BCUT2D eigenvalue weighted by Crippen LogP contribution is -2.70. The lowest BCUT2D eigenvalue weighted by atomic mass is 9.81. The molecule has 46 heavy (non-hydrogen) atoms. The van der Waals surface area contributed by atoms with E-state index in [4.69, 9.17) is 21.4 Å². The van der Waals surface area contributed by atoms with Crippen molar-refractivity contribution in [2.75, 3.05) is 65.6 Å². The summed E-state index contributed by atoms with van der Waals surface area (Å²) in [5, 5.41) is 56.4. The molecule has 0 bridgehead atoms. The van der Waals surface area contributed by atoms with Gasteiger partial charge in [-0.15, -0.1) is 11.6 Å². The van der Waals surface area contributed by atoms with Crippen molar-refractivity contribution in [3.05, 3.63) is 0 Å². The van der Waals surface area contributed by atoms with E-state index in [1.54, 1.807) is 4.90 Å². The number of aliphatic hydroxyl groups excluding tert-OH is 5. The number of aliphatic hydroxyl groups is 5. The van der Waals surface area contributed by atoms with Crippen molar-refractivity contribution in [3.63, 3.8) is 0 Å². The molecule has 12 nitrogen and oxygen atoms in total. The highest BCUT2D eigenvalue weighted by Crippen LogP contribution is 2.39. The number of hydrogen-bond acceptors (Lipinski definition) is 11. The fourth-order valence-electron chi connectivity index (χ4n) is 8.26. The molecule has 5 rings (SSSR count). The number of likely N-dealkylation sites (tertiary alicyclic amines) is 3. The SMILES string of the molecule is O=C(CC1CCC(OCCCC2CCN(C3NCC(Cl)CN3)CC2)CC1F)N1CC2(CCCN2C[C@H](O)[C@@H](O)[C@H](O)[C@H](O)CO)C1. The number of rotatable bonds is 14. The fraction of sp³-hybridized carbons (Fsp3) is 0.969. The molecule has 4 saturated heterocycles. The number of alkyl halides is 2. The second-order valence-electron chi connectivity index (χ2n) is 14.5. The molecule has 0 aromatic carbocycles. The number of amides is 1. The third-order valence-corrected chi connectivity index (χ3v) is 11.6. The molecule has 5 aliphatic rings. The van der Waals surface area contributed by atoms with E-state index in [-0.39, 0.29) is 48.1 Å². The Bertz CT molecular complexity index is 954. The van der Waals surface area contributed by atoms with Crippen LogP contribution < -0.4 is 10.6 Å². The first-order valence-corrected chi connectivity index (χ1v) is 18.0. The summed E-state index contributed by atoms with van der Waals surface area (Å²) in [4.78, 5) is 19.4. The lowest BCUT2D eigenvalue weighted by molar-refractivity contribution is -0.151. The lowest BCUT2D eigenvalue weighted by Gasteiger charge is -2.53. The van der Waals surface area contributed by atoms with Crippen LogP contribution >= 0.6 is 11.6 Å². The molecule has 5 fully saturated rings. The Hall–Kier alpha value is -0.710. The molecule has 4 heterocycles. The molecule has 7 atom stereocenters. The first kappa shape index (κ1) is 36.6. The Kier molecular flexibility index (Phi) is 13.4. The molecule has 4 aliphatic heterocycles. The molecule has 3 unspecified atom stereocenters. The van der Waals surface area contributed by atoms with Crippen molar-refractivity contribution in [2.45, 2.75) is 118 Å². The molecule has 1 aliphatic carbocycles. The smallest absolute Gasteiger partial charge is 0.223 e. The second kappa shape index (κ2) is 16.8. The second-order valence-corrected chi connectivity index (χ2v) is 15.2. The van der Waals surface area contributed by atoms with Gasteiger partial charge in [-0.3, -0.25) is 25.2 Å². The summed E-state index contributed by atoms with van der Waals surface area (Å²) in [5.41, 5.74) is -0.299. The molecular formula is C32H57ClFN5O7. The molecular weight excluding hydrogens is 621 g/mol. The van der Waals surface area contributed by atoms with Crippen LogP contribution in [0.25, 0.3) is 0 Å². The third kappa shape index (κ3) is 9.09. The summed E-state index contributed by atoms with van der Waals surface area (Å²) in [7, 11) is 0. The normalized spacial score (nSPS) is 33.9. The average Bonchev–Trinajstić information content (AvgIpc) is 3.46. The summed E-state index contributed by atoms with van der Waals surface area (Å²) in [6.45, 7) is 5.50. The first-order valence-electron chi connectivity index (χ1n) is 17.5. The van der Waals surface area contributed by atoms with E-state index in [1.165, 1.54) is 12.8 Å². The minimum atomic E-state index is -1.66. The van der Waals surface area contributed by atoms with Crippen LogP contribution in [0.4, 0.5) is 4.39 Å². The van der Waals surface area contributed by atoms with Gasteiger partial charge in [-0.2, -0.15) is 0 Å². The third-order valence-electron chi connectivity index (χ3n) is 11.3. The number of piperidine rings is 1. The van der Waals surface area contributed by atoms with E-state index in [1.807, 2.05) is 4.90 Å². The van der Waals surface area contributed by atoms with Crippen molar-refractivity contribution >= 4 is 17.5 Å². The van der Waals surface area contributed by atoms with Crippen LogP contribution in [0.3, 0.4) is 0 Å². The Labute approximate surface area is 277 Å². The zero-order valence-corrected chi connectivity index (χ0v) is 27.8. The summed E-state index contributed by atoms with van der Waals surface area (Å²) in [5.74, 6) is 0.358. The van der Waals surface area contributed by atoms with Crippen LogP contribution in [0.15, 0.2) is 0 Å². The van der Waals surface area contributed by atoms with E-state index >= 15 is 4.39 Å². The predicted molar refractivity (Wildman–Crippen MR) is 171 cm³/mol. The van der Waals surface area contributed by atoms with E-state index in [2.05, 4.69) is 15.5 Å². The molecule has 0 aromatic heterocycles. The average molecular weight is 678 g/mol. The van der Waals surface area contributed by atoms with Gasteiger partial charge in [0.1, 0.15) is 30.8 Å². The van der Waals surface area contributed by atoms with Crippen LogP contribution in [0.1, 0.15) is 64.2 Å². The molecule has 0 aromatic rings. The number of hydrogen-bond donors (Lipinski definition) is 7. The van der Waals surface area contributed by atoms with Crippen molar-refractivity contribution in [3.8, 4) is 0 Å². The molecule has 266 valence electrons. The highest BCUT2D eigenvalue weighted by Gasteiger charge is 2.52. The van der Waals surface area contributed by atoms with E-state index in [0.717, 1.165) is 58.3 Å².